The van der Waals surface area contributed by atoms with Gasteiger partial charge in [0.15, 0.2) is 0 Å². The van der Waals surface area contributed by atoms with Crippen molar-refractivity contribution in [3.05, 3.63) is 35.9 Å². The third-order valence-corrected chi connectivity index (χ3v) is 4.16. The molecule has 0 bridgehead atoms. The van der Waals surface area contributed by atoms with Crippen LogP contribution in [0.4, 0.5) is 0 Å². The van der Waals surface area contributed by atoms with Gasteiger partial charge in [0.05, 0.1) is 11.3 Å². The van der Waals surface area contributed by atoms with E-state index in [9.17, 15) is 4.79 Å². The first-order valence-electron chi connectivity index (χ1n) is 5.56. The van der Waals surface area contributed by atoms with E-state index in [1.165, 1.54) is 5.56 Å². The maximum Gasteiger partial charge on any atom is 0.233 e. The molecular formula is C13H19NOS2. The van der Waals surface area contributed by atoms with Gasteiger partial charge in [0.1, 0.15) is 0 Å². The van der Waals surface area contributed by atoms with E-state index in [2.05, 4.69) is 23.7 Å². The van der Waals surface area contributed by atoms with Crippen molar-refractivity contribution in [1.82, 2.24) is 5.32 Å². The normalized spacial score (nSPS) is 14.1. The number of amides is 1. The maximum atomic E-state index is 11.9. The molecule has 0 spiro atoms. The Labute approximate surface area is 112 Å². The third kappa shape index (κ3) is 4.64. The molecule has 94 valence electrons. The third-order valence-electron chi connectivity index (χ3n) is 2.57. The van der Waals surface area contributed by atoms with Crippen LogP contribution in [-0.2, 0) is 4.79 Å². The lowest BCUT2D eigenvalue weighted by Crippen LogP contribution is -2.35. The van der Waals surface area contributed by atoms with E-state index in [-0.39, 0.29) is 17.2 Å². The molecule has 0 aliphatic rings. The molecule has 1 aromatic carbocycles. The summed E-state index contributed by atoms with van der Waals surface area (Å²) < 4.78 is 0. The number of benzene rings is 1. The molecule has 0 aliphatic heterocycles. The highest BCUT2D eigenvalue weighted by Crippen LogP contribution is 2.18. The largest absolute Gasteiger partial charge is 0.348 e. The van der Waals surface area contributed by atoms with Crippen LogP contribution in [0.15, 0.2) is 30.3 Å². The summed E-state index contributed by atoms with van der Waals surface area (Å²) in [5.74, 6) is 1.01. The summed E-state index contributed by atoms with van der Waals surface area (Å²) in [5, 5.41) is 3.11. The van der Waals surface area contributed by atoms with Crippen LogP contribution in [0.2, 0.25) is 0 Å². The van der Waals surface area contributed by atoms with Gasteiger partial charge in [0.25, 0.3) is 0 Å². The predicted molar refractivity (Wildman–Crippen MR) is 78.7 cm³/mol. The minimum absolute atomic E-state index is 0.00284. The van der Waals surface area contributed by atoms with Crippen LogP contribution in [0.5, 0.6) is 0 Å². The van der Waals surface area contributed by atoms with E-state index < -0.39 is 0 Å². The summed E-state index contributed by atoms with van der Waals surface area (Å²) in [4.78, 5) is 11.9. The van der Waals surface area contributed by atoms with Gasteiger partial charge in [-0.2, -0.15) is 23.5 Å². The van der Waals surface area contributed by atoms with Gasteiger partial charge in [0.2, 0.25) is 5.91 Å². The zero-order chi connectivity index (χ0) is 12.7. The lowest BCUT2D eigenvalue weighted by atomic mass is 10.1. The van der Waals surface area contributed by atoms with E-state index in [1.807, 2.05) is 31.4 Å². The SMILES string of the molecule is CSC[C@H](NC(=O)[C@@H](C)SC)c1ccccc1. The topological polar surface area (TPSA) is 29.1 Å². The van der Waals surface area contributed by atoms with Gasteiger partial charge in [-0.05, 0) is 25.0 Å². The molecule has 0 aliphatic carbocycles. The van der Waals surface area contributed by atoms with Crippen molar-refractivity contribution in [3.63, 3.8) is 0 Å². The predicted octanol–water partition coefficient (Wildman–Crippen LogP) is 2.96. The molecule has 0 fully saturated rings. The Bertz CT molecular complexity index is 343. The van der Waals surface area contributed by atoms with Crippen LogP contribution >= 0.6 is 23.5 Å². The second-order valence-electron chi connectivity index (χ2n) is 3.81. The van der Waals surface area contributed by atoms with Crippen molar-refractivity contribution in [2.45, 2.75) is 18.2 Å². The van der Waals surface area contributed by atoms with E-state index in [1.54, 1.807) is 23.5 Å². The van der Waals surface area contributed by atoms with Crippen LogP contribution < -0.4 is 5.32 Å². The number of carbonyl (C=O) groups is 1. The van der Waals surface area contributed by atoms with E-state index in [4.69, 9.17) is 0 Å². The van der Waals surface area contributed by atoms with Crippen molar-refractivity contribution >= 4 is 29.4 Å². The number of rotatable bonds is 6. The molecule has 1 amide bonds. The molecule has 1 N–H and O–H groups in total. The summed E-state index contributed by atoms with van der Waals surface area (Å²) in [6.07, 6.45) is 4.01. The van der Waals surface area contributed by atoms with Gasteiger partial charge in [-0.1, -0.05) is 30.3 Å². The average Bonchev–Trinajstić information content (AvgIpc) is 2.38. The second kappa shape index (κ2) is 7.67. The summed E-state index contributed by atoms with van der Waals surface area (Å²) in [6.45, 7) is 1.93. The molecule has 2 atom stereocenters. The summed E-state index contributed by atoms with van der Waals surface area (Å²) in [7, 11) is 0. The van der Waals surface area contributed by atoms with Crippen molar-refractivity contribution < 1.29 is 4.79 Å². The molecule has 0 radical (unpaired) electrons. The van der Waals surface area contributed by atoms with Crippen LogP contribution in [0, 0.1) is 0 Å². The quantitative estimate of drug-likeness (QED) is 0.861. The molecular weight excluding hydrogens is 250 g/mol. The Morgan fingerprint density at radius 1 is 1.29 bits per heavy atom. The molecule has 0 saturated heterocycles. The van der Waals surface area contributed by atoms with Gasteiger partial charge in [-0.3, -0.25) is 4.79 Å². The molecule has 1 rings (SSSR count). The van der Waals surface area contributed by atoms with Crippen LogP contribution in [-0.4, -0.2) is 29.4 Å². The Hall–Kier alpha value is -0.610. The zero-order valence-electron chi connectivity index (χ0n) is 10.5. The van der Waals surface area contributed by atoms with Crippen molar-refractivity contribution in [3.8, 4) is 0 Å². The van der Waals surface area contributed by atoms with Crippen molar-refractivity contribution in [2.75, 3.05) is 18.3 Å². The molecule has 17 heavy (non-hydrogen) atoms. The van der Waals surface area contributed by atoms with Gasteiger partial charge >= 0.3 is 0 Å². The summed E-state index contributed by atoms with van der Waals surface area (Å²) in [6, 6.07) is 10.2. The molecule has 1 aromatic rings. The van der Waals surface area contributed by atoms with Gasteiger partial charge < -0.3 is 5.32 Å². The molecule has 0 aromatic heterocycles. The minimum atomic E-state index is 0.00284. The Kier molecular flexibility index (Phi) is 6.52. The van der Waals surface area contributed by atoms with Gasteiger partial charge in [-0.25, -0.2) is 0 Å². The van der Waals surface area contributed by atoms with Gasteiger partial charge in [-0.15, -0.1) is 0 Å². The van der Waals surface area contributed by atoms with Crippen LogP contribution in [0.3, 0.4) is 0 Å². The first-order chi connectivity index (χ1) is 8.19. The van der Waals surface area contributed by atoms with E-state index in [0.29, 0.717) is 0 Å². The van der Waals surface area contributed by atoms with Gasteiger partial charge in [0, 0.05) is 5.75 Å². The number of nitrogens with one attached hydrogen (secondary N) is 1. The highest BCUT2D eigenvalue weighted by atomic mass is 32.2. The standard InChI is InChI=1S/C13H19NOS2/c1-10(17-3)13(15)14-12(9-16-2)11-7-5-4-6-8-11/h4-8,10,12H,9H2,1-3H3,(H,14,15)/t10-,12+/m1/s1. The summed E-state index contributed by atoms with van der Waals surface area (Å²) >= 11 is 3.31. The first-order valence-corrected chi connectivity index (χ1v) is 8.24. The smallest absolute Gasteiger partial charge is 0.233 e. The highest BCUT2D eigenvalue weighted by Gasteiger charge is 2.17. The van der Waals surface area contributed by atoms with Crippen LogP contribution in [0.25, 0.3) is 0 Å². The maximum absolute atomic E-state index is 11.9. The Balaban J connectivity index is 2.70. The second-order valence-corrected chi connectivity index (χ2v) is 5.89. The van der Waals surface area contributed by atoms with Crippen molar-refractivity contribution in [2.24, 2.45) is 0 Å². The fourth-order valence-electron chi connectivity index (χ4n) is 1.47. The summed E-state index contributed by atoms with van der Waals surface area (Å²) in [5.41, 5.74) is 1.17. The number of carbonyl (C=O) groups excluding carboxylic acids is 1. The first kappa shape index (κ1) is 14.5. The molecule has 0 saturated carbocycles. The number of hydrogen-bond donors (Lipinski definition) is 1. The molecule has 0 heterocycles. The average molecular weight is 269 g/mol. The number of thioether (sulfide) groups is 2. The number of hydrogen-bond acceptors (Lipinski definition) is 3. The minimum Gasteiger partial charge on any atom is -0.348 e. The fourth-order valence-corrected chi connectivity index (χ4v) is 2.36. The zero-order valence-corrected chi connectivity index (χ0v) is 12.1. The lowest BCUT2D eigenvalue weighted by molar-refractivity contribution is -0.120. The Morgan fingerprint density at radius 3 is 2.47 bits per heavy atom. The Morgan fingerprint density at radius 2 is 1.94 bits per heavy atom. The van der Waals surface area contributed by atoms with E-state index >= 15 is 0 Å². The van der Waals surface area contributed by atoms with E-state index in [0.717, 1.165) is 5.75 Å². The highest BCUT2D eigenvalue weighted by molar-refractivity contribution is 7.99. The lowest BCUT2D eigenvalue weighted by Gasteiger charge is -2.20. The molecule has 4 heteroatoms. The van der Waals surface area contributed by atoms with Crippen molar-refractivity contribution in [1.29, 1.82) is 0 Å². The van der Waals surface area contributed by atoms with Crippen LogP contribution in [0.1, 0.15) is 18.5 Å². The monoisotopic (exact) mass is 269 g/mol. The fraction of sp³-hybridized carbons (Fsp3) is 0.462. The molecule has 2 nitrogen and oxygen atoms in total. The molecule has 0 unspecified atom stereocenters.